The van der Waals surface area contributed by atoms with Gasteiger partial charge in [-0.1, -0.05) is 81.8 Å². The average Bonchev–Trinajstić information content (AvgIpc) is 1.63. The van der Waals surface area contributed by atoms with Gasteiger partial charge < -0.3 is 46.1 Å². The fraction of sp³-hybridized carbons (Fsp3) is 0.189. The molecule has 15 rings (SSSR count). The summed E-state index contributed by atoms with van der Waals surface area (Å²) in [7, 11) is 0. The van der Waals surface area contributed by atoms with Crippen LogP contribution in [0.4, 0.5) is 17.5 Å². The van der Waals surface area contributed by atoms with Gasteiger partial charge in [-0.2, -0.15) is 15.3 Å². The van der Waals surface area contributed by atoms with E-state index < -0.39 is 0 Å². The number of rotatable bonds is 15. The first kappa shape index (κ1) is 65.5. The van der Waals surface area contributed by atoms with Gasteiger partial charge in [-0.15, -0.1) is 0 Å². The monoisotopic (exact) mass is 1310 g/mol. The third-order valence-electron chi connectivity index (χ3n) is 17.1. The largest absolute Gasteiger partial charge is 0.457 e. The third kappa shape index (κ3) is 14.0. The minimum atomic E-state index is -0.0765. The lowest BCUT2D eigenvalue weighted by molar-refractivity contribution is -0.127. The van der Waals surface area contributed by atoms with Crippen molar-refractivity contribution in [3.63, 3.8) is 0 Å². The normalized spacial score (nSPS) is 15.7. The molecule has 0 saturated carbocycles. The first-order chi connectivity index (χ1) is 47.4. The van der Waals surface area contributed by atoms with Crippen LogP contribution in [0, 0.1) is 0 Å². The second-order valence-electron chi connectivity index (χ2n) is 23.2. The molecule has 24 nitrogen and oxygen atoms in total. The van der Waals surface area contributed by atoms with Gasteiger partial charge in [0.1, 0.15) is 88.0 Å². The summed E-state index contributed by atoms with van der Waals surface area (Å²) >= 11 is 0. The molecule has 6 aromatic heterocycles. The molecule has 12 aromatic rings. The number of anilines is 3. The van der Waals surface area contributed by atoms with Crippen LogP contribution in [-0.4, -0.2) is 131 Å². The van der Waals surface area contributed by atoms with Gasteiger partial charge in [-0.05, 0) is 153 Å². The zero-order valence-corrected chi connectivity index (χ0v) is 52.9. The van der Waals surface area contributed by atoms with Crippen LogP contribution >= 0.6 is 0 Å². The predicted octanol–water partition coefficient (Wildman–Crippen LogP) is 12.5. The number of para-hydroxylation sites is 3. The molecule has 6 N–H and O–H groups in total. The van der Waals surface area contributed by atoms with Crippen molar-refractivity contribution in [2.24, 2.45) is 0 Å². The van der Waals surface area contributed by atoms with E-state index in [0.717, 1.165) is 76.9 Å². The van der Waals surface area contributed by atoms with Crippen molar-refractivity contribution < 1.29 is 28.6 Å². The molecule has 3 aliphatic rings. The van der Waals surface area contributed by atoms with Gasteiger partial charge in [0.25, 0.3) is 0 Å². The fourth-order valence-electron chi connectivity index (χ4n) is 12.3. The van der Waals surface area contributed by atoms with Gasteiger partial charge >= 0.3 is 0 Å². The van der Waals surface area contributed by atoms with Gasteiger partial charge in [0.2, 0.25) is 17.7 Å². The minimum absolute atomic E-state index is 0. The summed E-state index contributed by atoms with van der Waals surface area (Å²) in [5, 5.41) is 16.8. The third-order valence-corrected chi connectivity index (χ3v) is 17.1. The summed E-state index contributed by atoms with van der Waals surface area (Å²) in [6, 6.07) is 51.9. The first-order valence-corrected chi connectivity index (χ1v) is 31.6. The zero-order chi connectivity index (χ0) is 66.9. The molecular formula is C74H72N18O6. The Morgan fingerprint density at radius 2 is 0.653 bits per heavy atom. The summed E-state index contributed by atoms with van der Waals surface area (Å²) in [5.41, 5.74) is 25.5. The molecule has 494 valence electrons. The van der Waals surface area contributed by atoms with Gasteiger partial charge in [-0.3, -0.25) is 14.4 Å². The molecule has 0 radical (unpaired) electrons. The Bertz CT molecular complexity index is 4630. The number of benzene rings is 6. The van der Waals surface area contributed by atoms with Crippen LogP contribution in [0.2, 0.25) is 0 Å². The number of ether oxygens (including phenoxy) is 3. The Morgan fingerprint density at radius 1 is 0.378 bits per heavy atom. The van der Waals surface area contributed by atoms with Crippen LogP contribution in [0.3, 0.4) is 0 Å². The Labute approximate surface area is 565 Å². The highest BCUT2D eigenvalue weighted by molar-refractivity contribution is 6.00. The molecule has 24 heteroatoms. The van der Waals surface area contributed by atoms with Crippen LogP contribution in [0.25, 0.3) is 66.9 Å². The van der Waals surface area contributed by atoms with Crippen LogP contribution in [0.5, 0.6) is 34.5 Å². The number of hydrogen-bond acceptors (Lipinski definition) is 18. The number of nitrogens with zero attached hydrogens (tertiary/aromatic N) is 15. The van der Waals surface area contributed by atoms with Crippen LogP contribution < -0.4 is 31.4 Å². The molecule has 0 spiro atoms. The molecule has 3 fully saturated rings. The number of piperidine rings is 1. The second-order valence-corrected chi connectivity index (χ2v) is 23.2. The lowest BCUT2D eigenvalue weighted by atomic mass is 10.1. The van der Waals surface area contributed by atoms with Crippen molar-refractivity contribution >= 4 is 68.3 Å². The second kappa shape index (κ2) is 29.4. The zero-order valence-electron chi connectivity index (χ0n) is 52.9. The Hall–Kier alpha value is -12.6. The van der Waals surface area contributed by atoms with E-state index in [0.29, 0.717) is 107 Å². The molecular weight excluding hydrogens is 1240 g/mol. The van der Waals surface area contributed by atoms with Gasteiger partial charge in [0.15, 0.2) is 16.9 Å². The molecule has 3 unspecified atom stereocenters. The summed E-state index contributed by atoms with van der Waals surface area (Å²) < 4.78 is 23.3. The van der Waals surface area contributed by atoms with Crippen molar-refractivity contribution in [1.29, 1.82) is 0 Å². The molecule has 9 heterocycles. The highest BCUT2D eigenvalue weighted by Crippen LogP contribution is 2.39. The fourth-order valence-corrected chi connectivity index (χ4v) is 12.3. The topological polar surface area (TPSA) is 297 Å². The van der Waals surface area contributed by atoms with E-state index in [1.165, 1.54) is 37.2 Å². The first-order valence-electron chi connectivity index (χ1n) is 31.6. The van der Waals surface area contributed by atoms with Gasteiger partial charge in [-0.25, -0.2) is 43.9 Å². The number of amides is 3. The van der Waals surface area contributed by atoms with Crippen molar-refractivity contribution in [2.75, 3.05) is 56.5 Å². The standard InChI is InChI=1S/C25H24N6O2.2C24H22N6O2.CH4/c1-2-21(32)30-14-6-7-18(15-30)31-25-22(24(26)27-16-28-25)23(29-31)17-10-12-20(13-11-17)33-19-8-4-3-5-9-19;2*1-2-20(31)29-13-12-17(14-29)30-24-21(23(25)26-15-27-24)22(28-30)16-8-10-19(11-9-16)32-18-6-4-3-5-7-18;/h2-5,8-13,16,18H,1,6-7,14-15H2,(H2,26,27,28);2*2-11,15,17H,1,12-14H2,(H2,25,26,27);1H4. The SMILES string of the molecule is C.C=CC(=O)N1CCC(n2nc(-c3ccc(Oc4ccccc4)cc3)c3c(N)ncnc32)C1.C=CC(=O)N1CCC(n2nc(-c3ccc(Oc4ccccc4)cc3)c3c(N)ncnc32)C1.C=CC(=O)N1CCCC(n2nc(-c3ccc(Oc4ccccc4)cc3)c3c(N)ncnc32)C1. The Balaban J connectivity index is 0.000000139. The van der Waals surface area contributed by atoms with Crippen LogP contribution in [0.1, 0.15) is 51.2 Å². The molecule has 3 atom stereocenters. The maximum absolute atomic E-state index is 12.2. The van der Waals surface area contributed by atoms with Gasteiger partial charge in [0, 0.05) is 56.0 Å². The maximum atomic E-state index is 12.2. The molecule has 3 saturated heterocycles. The van der Waals surface area contributed by atoms with E-state index in [1.54, 1.807) is 14.7 Å². The number of nitrogen functional groups attached to an aromatic ring is 3. The maximum Gasteiger partial charge on any atom is 0.246 e. The predicted molar refractivity (Wildman–Crippen MR) is 378 cm³/mol. The van der Waals surface area contributed by atoms with E-state index in [2.05, 4.69) is 49.6 Å². The number of carbonyl (C=O) groups excluding carboxylic acids is 3. The number of carbonyl (C=O) groups is 3. The lowest BCUT2D eigenvalue weighted by Gasteiger charge is -2.32. The highest BCUT2D eigenvalue weighted by atomic mass is 16.5. The molecule has 98 heavy (non-hydrogen) atoms. The number of fused-ring (bicyclic) bond motifs is 3. The number of likely N-dealkylation sites (tertiary alicyclic amines) is 3. The number of nitrogens with two attached hydrogens (primary N) is 3. The molecule has 0 aliphatic carbocycles. The molecule has 3 amide bonds. The van der Waals surface area contributed by atoms with Crippen molar-refractivity contribution in [3.8, 4) is 68.3 Å². The van der Waals surface area contributed by atoms with E-state index in [9.17, 15) is 14.4 Å². The van der Waals surface area contributed by atoms with E-state index >= 15 is 0 Å². The van der Waals surface area contributed by atoms with E-state index in [4.69, 9.17) is 46.7 Å². The smallest absolute Gasteiger partial charge is 0.246 e. The quantitative estimate of drug-likeness (QED) is 0.0803. The van der Waals surface area contributed by atoms with Crippen molar-refractivity contribution in [3.05, 3.63) is 221 Å². The number of hydrogen-bond donors (Lipinski definition) is 3. The minimum Gasteiger partial charge on any atom is -0.457 e. The summed E-state index contributed by atoms with van der Waals surface area (Å²) in [4.78, 5) is 67.5. The van der Waals surface area contributed by atoms with Crippen molar-refractivity contribution in [1.82, 2.24) is 73.9 Å². The van der Waals surface area contributed by atoms with E-state index in [1.807, 2.05) is 178 Å². The lowest BCUT2D eigenvalue weighted by Crippen LogP contribution is -2.40. The summed E-state index contributed by atoms with van der Waals surface area (Å²) in [6.45, 7) is 14.4. The average molecular weight is 1310 g/mol. The summed E-state index contributed by atoms with van der Waals surface area (Å²) in [6.07, 6.45) is 11.7. The van der Waals surface area contributed by atoms with Crippen molar-refractivity contribution in [2.45, 2.75) is 51.2 Å². The molecule has 6 aromatic carbocycles. The summed E-state index contributed by atoms with van der Waals surface area (Å²) in [5.74, 6) is 5.39. The van der Waals surface area contributed by atoms with Gasteiger partial charge in [0.05, 0.1) is 34.3 Å². The molecule has 3 aliphatic heterocycles. The van der Waals surface area contributed by atoms with Crippen LogP contribution in [0.15, 0.2) is 221 Å². The highest BCUT2D eigenvalue weighted by Gasteiger charge is 2.33. The Morgan fingerprint density at radius 3 is 0.949 bits per heavy atom. The van der Waals surface area contributed by atoms with E-state index in [-0.39, 0.29) is 43.3 Å². The molecule has 0 bridgehead atoms. The number of aromatic nitrogens is 12. The Kier molecular flexibility index (Phi) is 19.6. The van der Waals surface area contributed by atoms with Crippen LogP contribution in [-0.2, 0) is 14.4 Å².